The SMILES string of the molecule is COCCNC(=O)/N=N/C(=O)NCCOC. The minimum absolute atomic E-state index is 0.319. The fourth-order valence-electron chi connectivity index (χ4n) is 0.682. The third kappa shape index (κ3) is 9.03. The van der Waals surface area contributed by atoms with Crippen molar-refractivity contribution in [3.63, 3.8) is 0 Å². The van der Waals surface area contributed by atoms with E-state index in [0.717, 1.165) is 0 Å². The Morgan fingerprint density at radius 1 is 0.938 bits per heavy atom. The third-order valence-electron chi connectivity index (χ3n) is 1.40. The molecule has 0 bridgehead atoms. The van der Waals surface area contributed by atoms with E-state index in [-0.39, 0.29) is 0 Å². The zero-order chi connectivity index (χ0) is 12.2. The first kappa shape index (κ1) is 14.5. The largest absolute Gasteiger partial charge is 0.383 e. The lowest BCUT2D eigenvalue weighted by Gasteiger charge is -1.99. The molecule has 4 amide bonds. The van der Waals surface area contributed by atoms with Gasteiger partial charge in [-0.2, -0.15) is 0 Å². The fraction of sp³-hybridized carbons (Fsp3) is 0.750. The van der Waals surface area contributed by atoms with Crippen LogP contribution >= 0.6 is 0 Å². The van der Waals surface area contributed by atoms with Gasteiger partial charge in [-0.25, -0.2) is 9.59 Å². The Kier molecular flexibility index (Phi) is 9.03. The minimum atomic E-state index is -0.682. The lowest BCUT2D eigenvalue weighted by Crippen LogP contribution is -2.26. The molecular weight excluding hydrogens is 216 g/mol. The number of methoxy groups -OCH3 is 2. The number of carbonyl (C=O) groups excluding carboxylic acids is 2. The predicted molar refractivity (Wildman–Crippen MR) is 55.4 cm³/mol. The van der Waals surface area contributed by atoms with E-state index in [4.69, 9.17) is 9.47 Å². The van der Waals surface area contributed by atoms with Crippen LogP contribution in [0.2, 0.25) is 0 Å². The lowest BCUT2D eigenvalue weighted by molar-refractivity contribution is 0.196. The smallest absolute Gasteiger partial charge is 0.359 e. The van der Waals surface area contributed by atoms with Crippen molar-refractivity contribution in [3.05, 3.63) is 0 Å². The molecule has 0 spiro atoms. The van der Waals surface area contributed by atoms with E-state index in [0.29, 0.717) is 26.3 Å². The Morgan fingerprint density at radius 2 is 1.31 bits per heavy atom. The molecule has 0 saturated heterocycles. The van der Waals surface area contributed by atoms with Gasteiger partial charge in [0, 0.05) is 27.3 Å². The van der Waals surface area contributed by atoms with Gasteiger partial charge in [0.05, 0.1) is 13.2 Å². The van der Waals surface area contributed by atoms with E-state index >= 15 is 0 Å². The van der Waals surface area contributed by atoms with Crippen molar-refractivity contribution in [1.29, 1.82) is 0 Å². The highest BCUT2D eigenvalue weighted by Crippen LogP contribution is 1.81. The van der Waals surface area contributed by atoms with Gasteiger partial charge >= 0.3 is 12.1 Å². The zero-order valence-corrected chi connectivity index (χ0v) is 9.36. The van der Waals surface area contributed by atoms with Gasteiger partial charge in [-0.1, -0.05) is 10.2 Å². The number of rotatable bonds is 6. The topological polar surface area (TPSA) is 101 Å². The lowest BCUT2D eigenvalue weighted by atomic mass is 10.7. The Labute approximate surface area is 93.4 Å². The number of amides is 4. The van der Waals surface area contributed by atoms with Gasteiger partial charge in [0.15, 0.2) is 0 Å². The number of nitrogens with one attached hydrogen (secondary N) is 2. The molecule has 8 nitrogen and oxygen atoms in total. The zero-order valence-electron chi connectivity index (χ0n) is 9.36. The molecular formula is C8H16N4O4. The van der Waals surface area contributed by atoms with Crippen LogP contribution in [0.4, 0.5) is 9.59 Å². The number of azo groups is 1. The molecule has 0 aliphatic heterocycles. The van der Waals surface area contributed by atoms with E-state index in [1.54, 1.807) is 0 Å². The van der Waals surface area contributed by atoms with Crippen molar-refractivity contribution in [3.8, 4) is 0 Å². The summed E-state index contributed by atoms with van der Waals surface area (Å²) in [6, 6.07) is -1.36. The summed E-state index contributed by atoms with van der Waals surface area (Å²) < 4.78 is 9.41. The molecule has 16 heavy (non-hydrogen) atoms. The van der Waals surface area contributed by atoms with Gasteiger partial charge in [0.25, 0.3) is 0 Å². The Bertz CT molecular complexity index is 220. The molecule has 0 saturated carbocycles. The van der Waals surface area contributed by atoms with Crippen molar-refractivity contribution < 1.29 is 19.1 Å². The quantitative estimate of drug-likeness (QED) is 0.502. The number of hydrogen-bond donors (Lipinski definition) is 2. The summed E-state index contributed by atoms with van der Waals surface area (Å²) >= 11 is 0. The van der Waals surface area contributed by atoms with Crippen LogP contribution in [0.5, 0.6) is 0 Å². The molecule has 0 aromatic heterocycles. The van der Waals surface area contributed by atoms with Gasteiger partial charge in [0.1, 0.15) is 0 Å². The fourth-order valence-corrected chi connectivity index (χ4v) is 0.682. The number of ether oxygens (including phenoxy) is 2. The van der Waals surface area contributed by atoms with Crippen LogP contribution in [0.15, 0.2) is 10.2 Å². The van der Waals surface area contributed by atoms with Gasteiger partial charge in [0.2, 0.25) is 0 Å². The standard InChI is InChI=1S/C8H16N4O4/c1-15-5-3-9-7(13)11-12-8(14)10-4-6-16-2/h3-6H2,1-2H3,(H,9,13)(H,10,14)/b12-11+. The number of urea groups is 2. The first-order valence-corrected chi connectivity index (χ1v) is 4.66. The van der Waals surface area contributed by atoms with Crippen LogP contribution in [0, 0.1) is 0 Å². The molecule has 0 aliphatic carbocycles. The first-order chi connectivity index (χ1) is 7.70. The van der Waals surface area contributed by atoms with Crippen molar-refractivity contribution in [2.24, 2.45) is 10.2 Å². The van der Waals surface area contributed by atoms with E-state index < -0.39 is 12.1 Å². The summed E-state index contributed by atoms with van der Waals surface area (Å²) in [5.41, 5.74) is 0. The predicted octanol–water partition coefficient (Wildman–Crippen LogP) is 0.151. The Balaban J connectivity index is 3.63. The molecule has 2 N–H and O–H groups in total. The third-order valence-corrected chi connectivity index (χ3v) is 1.40. The van der Waals surface area contributed by atoms with Gasteiger partial charge in [-0.15, -0.1) is 0 Å². The molecule has 92 valence electrons. The van der Waals surface area contributed by atoms with Crippen molar-refractivity contribution in [2.45, 2.75) is 0 Å². The van der Waals surface area contributed by atoms with Gasteiger partial charge in [-0.3, -0.25) is 0 Å². The first-order valence-electron chi connectivity index (χ1n) is 4.66. The van der Waals surface area contributed by atoms with Gasteiger partial charge in [-0.05, 0) is 0 Å². The number of carbonyl (C=O) groups is 2. The molecule has 0 rings (SSSR count). The highest BCUT2D eigenvalue weighted by atomic mass is 16.5. The van der Waals surface area contributed by atoms with Crippen LogP contribution in [0.1, 0.15) is 0 Å². The van der Waals surface area contributed by atoms with E-state index in [1.807, 2.05) is 0 Å². The van der Waals surface area contributed by atoms with Gasteiger partial charge < -0.3 is 20.1 Å². The second-order valence-electron chi connectivity index (χ2n) is 2.65. The van der Waals surface area contributed by atoms with Crippen LogP contribution in [-0.2, 0) is 9.47 Å². The van der Waals surface area contributed by atoms with E-state index in [2.05, 4.69) is 20.9 Å². The second kappa shape index (κ2) is 9.99. The second-order valence-corrected chi connectivity index (χ2v) is 2.65. The van der Waals surface area contributed by atoms with E-state index in [1.165, 1.54) is 14.2 Å². The molecule has 8 heteroatoms. The van der Waals surface area contributed by atoms with Crippen molar-refractivity contribution >= 4 is 12.1 Å². The van der Waals surface area contributed by atoms with E-state index in [9.17, 15) is 9.59 Å². The number of nitrogens with zero attached hydrogens (tertiary/aromatic N) is 2. The monoisotopic (exact) mass is 232 g/mol. The average Bonchev–Trinajstić information content (AvgIpc) is 2.27. The maximum atomic E-state index is 10.9. The molecule has 0 aromatic carbocycles. The summed E-state index contributed by atoms with van der Waals surface area (Å²) in [5, 5.41) is 11.0. The Morgan fingerprint density at radius 3 is 1.62 bits per heavy atom. The summed E-state index contributed by atoms with van der Waals surface area (Å²) in [5.74, 6) is 0. The number of hydrogen-bond acceptors (Lipinski definition) is 4. The minimum Gasteiger partial charge on any atom is -0.383 e. The summed E-state index contributed by atoms with van der Waals surface area (Å²) in [6.45, 7) is 1.39. The maximum Gasteiger partial charge on any atom is 0.359 e. The molecule has 0 heterocycles. The average molecular weight is 232 g/mol. The molecule has 0 fully saturated rings. The molecule has 0 aromatic rings. The van der Waals surface area contributed by atoms with Crippen LogP contribution in [-0.4, -0.2) is 52.6 Å². The molecule has 0 aliphatic rings. The van der Waals surface area contributed by atoms with Crippen LogP contribution in [0.3, 0.4) is 0 Å². The van der Waals surface area contributed by atoms with Crippen molar-refractivity contribution in [1.82, 2.24) is 10.6 Å². The highest BCUT2D eigenvalue weighted by Gasteiger charge is 1.99. The maximum absolute atomic E-state index is 10.9. The van der Waals surface area contributed by atoms with Crippen LogP contribution < -0.4 is 10.6 Å². The summed E-state index contributed by atoms with van der Waals surface area (Å²) in [4.78, 5) is 21.8. The van der Waals surface area contributed by atoms with Crippen LogP contribution in [0.25, 0.3) is 0 Å². The van der Waals surface area contributed by atoms with Crippen molar-refractivity contribution in [2.75, 3.05) is 40.5 Å². The Hall–Kier alpha value is -1.54. The molecule has 0 unspecified atom stereocenters. The normalized spacial score (nSPS) is 10.4. The summed E-state index contributed by atoms with van der Waals surface area (Å²) in [7, 11) is 3.02. The molecule has 0 radical (unpaired) electrons. The summed E-state index contributed by atoms with van der Waals surface area (Å²) in [6.07, 6.45) is 0. The molecule has 0 atom stereocenters. The highest BCUT2D eigenvalue weighted by molar-refractivity contribution is 5.79.